The smallest absolute Gasteiger partial charge is 0.290 e. The molecular weight excluding hydrogens is 252 g/mol. The maximum absolute atomic E-state index is 12.4. The molecule has 0 spiro atoms. The first-order valence-electron chi connectivity index (χ1n) is 7.73. The van der Waals surface area contributed by atoms with Gasteiger partial charge in [-0.3, -0.25) is 4.79 Å². The van der Waals surface area contributed by atoms with Crippen LogP contribution in [-0.2, 0) is 12.8 Å². The second kappa shape index (κ2) is 5.81. The first-order chi connectivity index (χ1) is 9.75. The van der Waals surface area contributed by atoms with Gasteiger partial charge in [-0.1, -0.05) is 16.8 Å². The molecule has 0 bridgehead atoms. The predicted molar refractivity (Wildman–Crippen MR) is 76.6 cm³/mol. The zero-order valence-electron chi connectivity index (χ0n) is 12.1. The normalized spacial score (nSPS) is 19.9. The molecule has 1 N–H and O–H groups in total. The van der Waals surface area contributed by atoms with Crippen molar-refractivity contribution < 1.29 is 9.32 Å². The zero-order chi connectivity index (χ0) is 13.9. The molecule has 0 saturated heterocycles. The van der Waals surface area contributed by atoms with Gasteiger partial charge in [0.1, 0.15) is 0 Å². The van der Waals surface area contributed by atoms with Crippen molar-refractivity contribution in [3.05, 3.63) is 28.7 Å². The third-order valence-electron chi connectivity index (χ3n) is 4.40. The van der Waals surface area contributed by atoms with Crippen LogP contribution in [0.2, 0.25) is 0 Å². The molecule has 0 radical (unpaired) electrons. The second-order valence-electron chi connectivity index (χ2n) is 5.86. The average molecular weight is 274 g/mol. The third-order valence-corrected chi connectivity index (χ3v) is 4.40. The number of nitrogens with one attached hydrogen (secondary N) is 1. The molecule has 1 atom stereocenters. The Morgan fingerprint density at radius 1 is 1.25 bits per heavy atom. The van der Waals surface area contributed by atoms with E-state index < -0.39 is 0 Å². The largest absolute Gasteiger partial charge is 0.350 e. The minimum absolute atomic E-state index is 0.0899. The van der Waals surface area contributed by atoms with Crippen molar-refractivity contribution in [2.75, 3.05) is 0 Å². The molecule has 4 heteroatoms. The Hall–Kier alpha value is -1.58. The molecule has 0 fully saturated rings. The average Bonchev–Trinajstić information content (AvgIpc) is 2.92. The maximum atomic E-state index is 12.4. The summed E-state index contributed by atoms with van der Waals surface area (Å²) in [6, 6.07) is 0.0899. The molecule has 1 heterocycles. The summed E-state index contributed by atoms with van der Waals surface area (Å²) in [4.78, 5) is 12.4. The summed E-state index contributed by atoms with van der Waals surface area (Å²) in [5, 5.41) is 7.11. The number of carbonyl (C=O) groups is 1. The number of hydrogen-bond acceptors (Lipinski definition) is 3. The Morgan fingerprint density at radius 3 is 2.85 bits per heavy atom. The van der Waals surface area contributed by atoms with Crippen LogP contribution in [0.25, 0.3) is 0 Å². The number of fused-ring (bicyclic) bond motifs is 1. The van der Waals surface area contributed by atoms with Gasteiger partial charge in [0, 0.05) is 11.6 Å². The van der Waals surface area contributed by atoms with Crippen molar-refractivity contribution in [2.24, 2.45) is 0 Å². The van der Waals surface area contributed by atoms with Gasteiger partial charge in [-0.15, -0.1) is 0 Å². The van der Waals surface area contributed by atoms with Crippen LogP contribution in [0, 0.1) is 0 Å². The molecule has 2 aliphatic carbocycles. The fraction of sp³-hybridized carbons (Fsp3) is 0.625. The summed E-state index contributed by atoms with van der Waals surface area (Å²) < 4.78 is 5.29. The van der Waals surface area contributed by atoms with E-state index in [1.54, 1.807) is 0 Å². The molecule has 0 aliphatic heterocycles. The van der Waals surface area contributed by atoms with Gasteiger partial charge < -0.3 is 9.84 Å². The standard InChI is InChI=1S/C16H22N2O2/c1-11(12-7-3-2-4-8-12)17-16(19)15-13-9-5-6-10-14(13)18-20-15/h7,11H,2-6,8-10H2,1H3,(H,17,19)/t11-/m0/s1. The van der Waals surface area contributed by atoms with Gasteiger partial charge in [-0.05, 0) is 58.3 Å². The van der Waals surface area contributed by atoms with Gasteiger partial charge in [0.2, 0.25) is 5.76 Å². The maximum Gasteiger partial charge on any atom is 0.290 e. The summed E-state index contributed by atoms with van der Waals surface area (Å²) in [7, 11) is 0. The van der Waals surface area contributed by atoms with E-state index in [1.165, 1.54) is 18.4 Å². The predicted octanol–water partition coefficient (Wildman–Crippen LogP) is 3.17. The molecule has 1 amide bonds. The van der Waals surface area contributed by atoms with Crippen LogP contribution in [0.5, 0.6) is 0 Å². The van der Waals surface area contributed by atoms with Crippen LogP contribution in [0.15, 0.2) is 16.2 Å². The summed E-state index contributed by atoms with van der Waals surface area (Å²) in [5.74, 6) is 0.322. The fourth-order valence-electron chi connectivity index (χ4n) is 3.18. The van der Waals surface area contributed by atoms with E-state index in [2.05, 4.69) is 23.5 Å². The molecule has 1 aromatic rings. The highest BCUT2D eigenvalue weighted by atomic mass is 16.5. The lowest BCUT2D eigenvalue weighted by Crippen LogP contribution is -2.34. The van der Waals surface area contributed by atoms with Crippen molar-refractivity contribution in [3.63, 3.8) is 0 Å². The number of aromatic nitrogens is 1. The Bertz CT molecular complexity index is 531. The molecule has 0 saturated carbocycles. The minimum atomic E-state index is -0.111. The van der Waals surface area contributed by atoms with E-state index in [4.69, 9.17) is 4.52 Å². The SMILES string of the molecule is C[C@H](NC(=O)c1onc2c1CCCC2)C1=CCCCC1. The lowest BCUT2D eigenvalue weighted by Gasteiger charge is -2.20. The van der Waals surface area contributed by atoms with Crippen molar-refractivity contribution in [2.45, 2.75) is 64.3 Å². The van der Waals surface area contributed by atoms with E-state index in [-0.39, 0.29) is 11.9 Å². The number of amides is 1. The summed E-state index contributed by atoms with van der Waals surface area (Å²) in [6.07, 6.45) is 11.1. The molecule has 2 aliphatic rings. The molecule has 0 aromatic carbocycles. The minimum Gasteiger partial charge on any atom is -0.350 e. The lowest BCUT2D eigenvalue weighted by molar-refractivity contribution is 0.0906. The Labute approximate surface area is 119 Å². The number of hydrogen-bond donors (Lipinski definition) is 1. The van der Waals surface area contributed by atoms with Gasteiger partial charge in [0.15, 0.2) is 0 Å². The Morgan fingerprint density at radius 2 is 2.05 bits per heavy atom. The number of allylic oxidation sites excluding steroid dienone is 1. The molecule has 20 heavy (non-hydrogen) atoms. The number of nitrogens with zero attached hydrogens (tertiary/aromatic N) is 1. The van der Waals surface area contributed by atoms with E-state index in [0.29, 0.717) is 5.76 Å². The van der Waals surface area contributed by atoms with Crippen molar-refractivity contribution in [1.82, 2.24) is 10.5 Å². The fourth-order valence-corrected chi connectivity index (χ4v) is 3.18. The van der Waals surface area contributed by atoms with Crippen molar-refractivity contribution >= 4 is 5.91 Å². The van der Waals surface area contributed by atoms with Crippen LogP contribution < -0.4 is 5.32 Å². The lowest BCUT2D eigenvalue weighted by atomic mass is 9.94. The molecule has 3 rings (SSSR count). The number of carbonyl (C=O) groups excluding carboxylic acids is 1. The first kappa shape index (κ1) is 13.4. The highest BCUT2D eigenvalue weighted by molar-refractivity contribution is 5.93. The third kappa shape index (κ3) is 2.65. The van der Waals surface area contributed by atoms with Crippen molar-refractivity contribution in [1.29, 1.82) is 0 Å². The summed E-state index contributed by atoms with van der Waals surface area (Å²) in [6.45, 7) is 2.05. The number of rotatable bonds is 3. The highest BCUT2D eigenvalue weighted by Crippen LogP contribution is 2.25. The van der Waals surface area contributed by atoms with E-state index >= 15 is 0 Å². The molecule has 1 aromatic heterocycles. The monoisotopic (exact) mass is 274 g/mol. The molecule has 108 valence electrons. The van der Waals surface area contributed by atoms with Gasteiger partial charge in [0.25, 0.3) is 5.91 Å². The van der Waals surface area contributed by atoms with Gasteiger partial charge in [-0.2, -0.15) is 0 Å². The van der Waals surface area contributed by atoms with E-state index in [0.717, 1.165) is 49.8 Å². The molecule has 4 nitrogen and oxygen atoms in total. The van der Waals surface area contributed by atoms with Crippen LogP contribution in [0.1, 0.15) is 67.3 Å². The first-order valence-corrected chi connectivity index (χ1v) is 7.73. The second-order valence-corrected chi connectivity index (χ2v) is 5.86. The quantitative estimate of drug-likeness (QED) is 0.861. The van der Waals surface area contributed by atoms with Crippen LogP contribution >= 0.6 is 0 Å². The van der Waals surface area contributed by atoms with Gasteiger partial charge in [-0.25, -0.2) is 0 Å². The number of aryl methyl sites for hydroxylation is 1. The summed E-state index contributed by atoms with van der Waals surface area (Å²) >= 11 is 0. The Kier molecular flexibility index (Phi) is 3.90. The van der Waals surface area contributed by atoms with Crippen molar-refractivity contribution in [3.8, 4) is 0 Å². The van der Waals surface area contributed by atoms with Crippen LogP contribution in [0.3, 0.4) is 0 Å². The zero-order valence-corrected chi connectivity index (χ0v) is 12.1. The van der Waals surface area contributed by atoms with Crippen LogP contribution in [-0.4, -0.2) is 17.1 Å². The topological polar surface area (TPSA) is 55.1 Å². The van der Waals surface area contributed by atoms with E-state index in [1.807, 2.05) is 0 Å². The molecule has 0 unspecified atom stereocenters. The Balaban J connectivity index is 1.70. The van der Waals surface area contributed by atoms with E-state index in [9.17, 15) is 4.79 Å². The molecular formula is C16H22N2O2. The van der Waals surface area contributed by atoms with Gasteiger partial charge >= 0.3 is 0 Å². The summed E-state index contributed by atoms with van der Waals surface area (Å²) in [5.41, 5.74) is 3.35. The highest BCUT2D eigenvalue weighted by Gasteiger charge is 2.25. The van der Waals surface area contributed by atoms with Crippen LogP contribution in [0.4, 0.5) is 0 Å². The van der Waals surface area contributed by atoms with Gasteiger partial charge in [0.05, 0.1) is 5.69 Å².